The Hall–Kier alpha value is -1.80. The van der Waals surface area contributed by atoms with Crippen molar-refractivity contribution in [1.82, 2.24) is 14.8 Å². The van der Waals surface area contributed by atoms with E-state index in [9.17, 15) is 10.1 Å². The van der Waals surface area contributed by atoms with Crippen LogP contribution in [0.25, 0.3) is 17.1 Å². The van der Waals surface area contributed by atoms with Gasteiger partial charge in [-0.15, -0.1) is 5.10 Å². The van der Waals surface area contributed by atoms with Crippen LogP contribution in [-0.4, -0.2) is 19.7 Å². The molecule has 104 valence electrons. The monoisotopic (exact) mass is 320 g/mol. The van der Waals surface area contributed by atoms with Gasteiger partial charge in [0.1, 0.15) is 0 Å². The molecule has 1 heterocycles. The zero-order valence-corrected chi connectivity index (χ0v) is 14.5. The van der Waals surface area contributed by atoms with Crippen molar-refractivity contribution in [3.8, 4) is 17.1 Å². The summed E-state index contributed by atoms with van der Waals surface area (Å²) < 4.78 is 1.73. The van der Waals surface area contributed by atoms with Crippen molar-refractivity contribution in [3.63, 3.8) is 0 Å². The Bertz CT molecular complexity index is 790. The van der Waals surface area contributed by atoms with Crippen LogP contribution in [-0.2, 0) is 12.6 Å². The van der Waals surface area contributed by atoms with E-state index in [1.165, 1.54) is 12.1 Å². The van der Waals surface area contributed by atoms with E-state index in [1.807, 2.05) is 30.3 Å². The molecule has 0 saturated carbocycles. The minimum Gasteiger partial charge on any atom is -0.740 e. The molecule has 1 aromatic heterocycles. The van der Waals surface area contributed by atoms with Crippen molar-refractivity contribution >= 4 is 18.3 Å². The average molecular weight is 320 g/mol. The number of nitrogens with zero attached hydrogens (tertiary/aromatic N) is 4. The topological polar surface area (TPSA) is 73.8 Å². The van der Waals surface area contributed by atoms with Gasteiger partial charge in [-0.1, -0.05) is 18.2 Å². The van der Waals surface area contributed by atoms with Gasteiger partial charge in [-0.3, -0.25) is 14.7 Å². The number of hydrogen-bond acceptors (Lipinski definition) is 5. The van der Waals surface area contributed by atoms with E-state index in [1.54, 1.807) is 16.7 Å². The van der Waals surface area contributed by atoms with Crippen LogP contribution in [0.3, 0.4) is 0 Å². The van der Waals surface area contributed by atoms with Crippen molar-refractivity contribution in [1.29, 1.82) is 0 Å². The molecule has 0 aliphatic heterocycles. The number of para-hydroxylation sites is 1. The molecule has 0 unspecified atom stereocenters. The number of benzene rings is 2. The Morgan fingerprint density at radius 1 is 1.00 bits per heavy atom. The van der Waals surface area contributed by atoms with Crippen LogP contribution in [0.4, 0.5) is 5.69 Å². The van der Waals surface area contributed by atoms with Crippen LogP contribution < -0.4 is 29.6 Å². The van der Waals surface area contributed by atoms with Crippen LogP contribution >= 0.6 is 0 Å². The Morgan fingerprint density at radius 3 is 2.23 bits per heavy atom. The third-order valence-electron chi connectivity index (χ3n) is 2.98. The molecule has 0 aliphatic carbocycles. The minimum absolute atomic E-state index is 0. The van der Waals surface area contributed by atoms with Gasteiger partial charge >= 0.3 is 29.6 Å². The molecule has 3 aromatic rings. The van der Waals surface area contributed by atoms with Gasteiger partial charge in [0.2, 0.25) is 0 Å². The average Bonchev–Trinajstić information content (AvgIpc) is 2.90. The maximum atomic E-state index is 10.7. The summed E-state index contributed by atoms with van der Waals surface area (Å²) in [6, 6.07) is 15.6. The van der Waals surface area contributed by atoms with E-state index in [0.29, 0.717) is 16.5 Å². The molecule has 22 heavy (non-hydrogen) atoms. The van der Waals surface area contributed by atoms with E-state index >= 15 is 0 Å². The summed E-state index contributed by atoms with van der Waals surface area (Å²) in [5.41, 5.74) is 1.59. The number of nitro groups is 1. The van der Waals surface area contributed by atoms with Crippen molar-refractivity contribution < 1.29 is 34.5 Å². The standard InChI is InChI=1S/C14H10N4O2S.Na/c19-18(20)12-8-6-10(7-9-12)13-15-16-14(21)17(13)11-4-2-1-3-5-11;/h1-9H,(H,16,21);/q;+1/p-1. The predicted molar refractivity (Wildman–Crippen MR) is 79.1 cm³/mol. The number of hydrogen-bond donors (Lipinski definition) is 0. The van der Waals surface area contributed by atoms with Gasteiger partial charge in [-0.2, -0.15) is 5.10 Å². The van der Waals surface area contributed by atoms with Crippen LogP contribution in [0, 0.1) is 10.1 Å². The molecule has 0 spiro atoms. The SMILES string of the molecule is O=[N+]([O-])c1ccc(-c2nnc([S-])n2-c2ccccc2)cc1.[Na+]. The third kappa shape index (κ3) is 3.17. The molecule has 0 saturated heterocycles. The van der Waals surface area contributed by atoms with Gasteiger partial charge in [0.05, 0.1) is 4.92 Å². The summed E-state index contributed by atoms with van der Waals surface area (Å²) in [5, 5.41) is 19.0. The quantitative estimate of drug-likeness (QED) is 0.288. The number of rotatable bonds is 3. The summed E-state index contributed by atoms with van der Waals surface area (Å²) in [4.78, 5) is 10.3. The molecular formula is C14H9N4NaO2S. The Labute approximate surface area is 154 Å². The Morgan fingerprint density at radius 2 is 1.64 bits per heavy atom. The van der Waals surface area contributed by atoms with Gasteiger partial charge in [-0.25, -0.2) is 0 Å². The predicted octanol–water partition coefficient (Wildman–Crippen LogP) is -0.248. The summed E-state index contributed by atoms with van der Waals surface area (Å²) in [5.74, 6) is 0.557. The van der Waals surface area contributed by atoms with Gasteiger partial charge in [0.15, 0.2) is 5.82 Å². The van der Waals surface area contributed by atoms with Crippen LogP contribution in [0.2, 0.25) is 0 Å². The Kier molecular flexibility index (Phi) is 5.25. The van der Waals surface area contributed by atoms with E-state index < -0.39 is 4.92 Å². The van der Waals surface area contributed by atoms with E-state index in [-0.39, 0.29) is 35.2 Å². The van der Waals surface area contributed by atoms with E-state index in [0.717, 1.165) is 5.69 Å². The fraction of sp³-hybridized carbons (Fsp3) is 0. The third-order valence-corrected chi connectivity index (χ3v) is 3.25. The second kappa shape index (κ2) is 6.97. The summed E-state index contributed by atoms with van der Waals surface area (Å²) in [6.45, 7) is 0. The fourth-order valence-electron chi connectivity index (χ4n) is 2.00. The molecule has 0 N–H and O–H groups in total. The summed E-state index contributed by atoms with van der Waals surface area (Å²) in [6.07, 6.45) is 0. The first-order valence-electron chi connectivity index (χ1n) is 6.09. The number of nitro benzene ring substituents is 1. The van der Waals surface area contributed by atoms with Crippen molar-refractivity contribution in [2.45, 2.75) is 5.16 Å². The molecular weight excluding hydrogens is 311 g/mol. The first-order valence-corrected chi connectivity index (χ1v) is 6.50. The molecule has 0 aliphatic rings. The van der Waals surface area contributed by atoms with E-state index in [4.69, 9.17) is 12.6 Å². The molecule has 0 amide bonds. The first-order chi connectivity index (χ1) is 10.2. The second-order valence-corrected chi connectivity index (χ2v) is 4.65. The maximum absolute atomic E-state index is 10.7. The molecule has 8 heteroatoms. The minimum atomic E-state index is -0.440. The number of aromatic nitrogens is 3. The zero-order chi connectivity index (χ0) is 14.8. The largest absolute Gasteiger partial charge is 1.00 e. The smallest absolute Gasteiger partial charge is 0.740 e. The zero-order valence-electron chi connectivity index (χ0n) is 11.7. The Balaban J connectivity index is 0.00000176. The maximum Gasteiger partial charge on any atom is 1.00 e. The molecule has 6 nitrogen and oxygen atoms in total. The van der Waals surface area contributed by atoms with Gasteiger partial charge < -0.3 is 12.6 Å². The van der Waals surface area contributed by atoms with Gasteiger partial charge in [0, 0.05) is 28.5 Å². The molecule has 0 fully saturated rings. The van der Waals surface area contributed by atoms with Crippen molar-refractivity contribution in [3.05, 3.63) is 64.7 Å². The van der Waals surface area contributed by atoms with Crippen LogP contribution in [0.15, 0.2) is 59.8 Å². The molecule has 0 bridgehead atoms. The number of non-ortho nitro benzene ring substituents is 1. The second-order valence-electron chi connectivity index (χ2n) is 4.28. The van der Waals surface area contributed by atoms with Crippen molar-refractivity contribution in [2.75, 3.05) is 0 Å². The molecule has 0 radical (unpaired) electrons. The molecule has 2 aromatic carbocycles. The van der Waals surface area contributed by atoms with E-state index in [2.05, 4.69) is 10.2 Å². The molecule has 0 atom stereocenters. The molecule has 3 rings (SSSR count). The summed E-state index contributed by atoms with van der Waals surface area (Å²) in [7, 11) is 0. The van der Waals surface area contributed by atoms with Gasteiger partial charge in [-0.05, 0) is 24.3 Å². The normalized spacial score (nSPS) is 10.0. The first kappa shape index (κ1) is 16.6. The summed E-state index contributed by atoms with van der Waals surface area (Å²) >= 11 is 5.20. The van der Waals surface area contributed by atoms with Crippen LogP contribution in [0.1, 0.15) is 0 Å². The van der Waals surface area contributed by atoms with Gasteiger partial charge in [0.25, 0.3) is 5.69 Å². The van der Waals surface area contributed by atoms with Crippen molar-refractivity contribution in [2.24, 2.45) is 0 Å². The van der Waals surface area contributed by atoms with Crippen LogP contribution in [0.5, 0.6) is 0 Å². The fourth-order valence-corrected chi connectivity index (χ4v) is 2.23.